The number of hydrogen-bond acceptors (Lipinski definition) is 3. The molecule has 1 rings (SSSR count). The molecule has 0 saturated heterocycles. The summed E-state index contributed by atoms with van der Waals surface area (Å²) in [4.78, 5) is 23.2. The molecule has 2 amide bonds. The summed E-state index contributed by atoms with van der Waals surface area (Å²) < 4.78 is 0. The van der Waals surface area contributed by atoms with E-state index in [1.165, 1.54) is 0 Å². The first-order valence-corrected chi connectivity index (χ1v) is 6.70. The van der Waals surface area contributed by atoms with Crippen LogP contribution in [0.4, 0.5) is 5.69 Å². The number of benzene rings is 1. The summed E-state index contributed by atoms with van der Waals surface area (Å²) in [6.07, 6.45) is 1.50. The van der Waals surface area contributed by atoms with Gasteiger partial charge in [0.1, 0.15) is 0 Å². The van der Waals surface area contributed by atoms with Crippen LogP contribution in [0, 0.1) is 5.41 Å². The molecule has 5 nitrogen and oxygen atoms in total. The van der Waals surface area contributed by atoms with Crippen LogP contribution in [0.3, 0.4) is 0 Å². The molecule has 0 radical (unpaired) electrons. The van der Waals surface area contributed by atoms with Crippen molar-refractivity contribution in [1.82, 2.24) is 5.32 Å². The van der Waals surface area contributed by atoms with Gasteiger partial charge in [-0.05, 0) is 30.4 Å². The Labute approximate surface area is 119 Å². The van der Waals surface area contributed by atoms with Crippen molar-refractivity contribution in [3.8, 4) is 0 Å². The van der Waals surface area contributed by atoms with Crippen LogP contribution in [0.15, 0.2) is 30.3 Å². The van der Waals surface area contributed by atoms with Crippen LogP contribution in [0.1, 0.15) is 26.7 Å². The summed E-state index contributed by atoms with van der Waals surface area (Å²) in [6.45, 7) is 4.44. The van der Waals surface area contributed by atoms with Gasteiger partial charge < -0.3 is 15.7 Å². The van der Waals surface area contributed by atoms with Gasteiger partial charge in [-0.15, -0.1) is 0 Å². The van der Waals surface area contributed by atoms with Crippen LogP contribution in [0.25, 0.3) is 0 Å². The molecular formula is C15H22N2O3. The highest BCUT2D eigenvalue weighted by atomic mass is 16.3. The number of para-hydroxylation sites is 1. The Kier molecular flexibility index (Phi) is 6.18. The molecule has 0 fully saturated rings. The van der Waals surface area contributed by atoms with Crippen LogP contribution >= 0.6 is 0 Å². The van der Waals surface area contributed by atoms with Crippen molar-refractivity contribution in [1.29, 1.82) is 0 Å². The van der Waals surface area contributed by atoms with Gasteiger partial charge in [-0.2, -0.15) is 0 Å². The topological polar surface area (TPSA) is 78.4 Å². The van der Waals surface area contributed by atoms with E-state index in [0.717, 1.165) is 12.8 Å². The second-order valence-electron chi connectivity index (χ2n) is 5.50. The van der Waals surface area contributed by atoms with Gasteiger partial charge >= 0.3 is 11.8 Å². The van der Waals surface area contributed by atoms with E-state index in [4.69, 9.17) is 5.11 Å². The second-order valence-corrected chi connectivity index (χ2v) is 5.50. The molecule has 1 aromatic rings. The number of amides is 2. The molecule has 0 aliphatic carbocycles. The number of rotatable bonds is 6. The predicted octanol–water partition coefficient (Wildman–Crippen LogP) is 1.54. The standard InChI is InChI=1S/C15H22N2O3/c1-15(2,11-18)9-6-10-16-13(19)14(20)17-12-7-4-3-5-8-12/h3-5,7-8,18H,6,9-11H2,1-2H3,(H,16,19)(H,17,20). The minimum absolute atomic E-state index is 0.107. The minimum Gasteiger partial charge on any atom is -0.396 e. The molecule has 1 aromatic carbocycles. The fraction of sp³-hybridized carbons (Fsp3) is 0.467. The summed E-state index contributed by atoms with van der Waals surface area (Å²) in [5.74, 6) is -1.31. The smallest absolute Gasteiger partial charge is 0.313 e. The number of nitrogens with one attached hydrogen (secondary N) is 2. The minimum atomic E-state index is -0.669. The SMILES string of the molecule is CC(C)(CO)CCCNC(=O)C(=O)Nc1ccccc1. The molecule has 0 aromatic heterocycles. The van der Waals surface area contributed by atoms with Crippen LogP contribution in [-0.2, 0) is 9.59 Å². The number of carbonyl (C=O) groups is 2. The number of anilines is 1. The van der Waals surface area contributed by atoms with E-state index >= 15 is 0 Å². The van der Waals surface area contributed by atoms with Crippen molar-refractivity contribution < 1.29 is 14.7 Å². The Balaban J connectivity index is 2.27. The molecular weight excluding hydrogens is 256 g/mol. The maximum Gasteiger partial charge on any atom is 0.313 e. The quantitative estimate of drug-likeness (QED) is 0.545. The van der Waals surface area contributed by atoms with Crippen LogP contribution in [-0.4, -0.2) is 30.1 Å². The fourth-order valence-corrected chi connectivity index (χ4v) is 1.64. The van der Waals surface area contributed by atoms with Crippen molar-refractivity contribution in [2.75, 3.05) is 18.5 Å². The van der Waals surface area contributed by atoms with E-state index in [-0.39, 0.29) is 12.0 Å². The maximum atomic E-state index is 11.6. The largest absolute Gasteiger partial charge is 0.396 e. The van der Waals surface area contributed by atoms with Crippen molar-refractivity contribution in [2.24, 2.45) is 5.41 Å². The summed E-state index contributed by atoms with van der Waals surface area (Å²) >= 11 is 0. The molecule has 0 saturated carbocycles. The summed E-state index contributed by atoms with van der Waals surface area (Å²) in [6, 6.07) is 8.83. The third-order valence-electron chi connectivity index (χ3n) is 2.98. The molecule has 0 heterocycles. The molecule has 0 spiro atoms. The van der Waals surface area contributed by atoms with Crippen molar-refractivity contribution in [2.45, 2.75) is 26.7 Å². The van der Waals surface area contributed by atoms with E-state index in [9.17, 15) is 9.59 Å². The first-order chi connectivity index (χ1) is 9.44. The van der Waals surface area contributed by atoms with Gasteiger partial charge in [0, 0.05) is 18.8 Å². The average molecular weight is 278 g/mol. The predicted molar refractivity (Wildman–Crippen MR) is 78.2 cm³/mol. The Morgan fingerprint density at radius 1 is 1.15 bits per heavy atom. The fourth-order valence-electron chi connectivity index (χ4n) is 1.64. The lowest BCUT2D eigenvalue weighted by atomic mass is 9.89. The summed E-state index contributed by atoms with van der Waals surface area (Å²) in [5.41, 5.74) is 0.436. The molecule has 0 unspecified atom stereocenters. The van der Waals surface area contributed by atoms with Gasteiger partial charge in [0.15, 0.2) is 0 Å². The highest BCUT2D eigenvalue weighted by Crippen LogP contribution is 2.20. The lowest BCUT2D eigenvalue weighted by molar-refractivity contribution is -0.136. The van der Waals surface area contributed by atoms with E-state index in [2.05, 4.69) is 10.6 Å². The zero-order chi connectivity index (χ0) is 15.0. The Bertz CT molecular complexity index is 444. The molecule has 5 heteroatoms. The molecule has 0 aliphatic heterocycles. The van der Waals surface area contributed by atoms with Crippen molar-refractivity contribution >= 4 is 17.5 Å². The second kappa shape index (κ2) is 7.65. The number of aliphatic hydroxyl groups is 1. The third-order valence-corrected chi connectivity index (χ3v) is 2.98. The normalized spacial score (nSPS) is 10.9. The first-order valence-electron chi connectivity index (χ1n) is 6.70. The van der Waals surface area contributed by atoms with Gasteiger partial charge in [-0.25, -0.2) is 0 Å². The molecule has 0 bridgehead atoms. The van der Waals surface area contributed by atoms with E-state index in [0.29, 0.717) is 12.2 Å². The molecule has 0 aliphatic rings. The highest BCUT2D eigenvalue weighted by molar-refractivity contribution is 6.39. The Hall–Kier alpha value is -1.88. The summed E-state index contributed by atoms with van der Waals surface area (Å²) in [7, 11) is 0. The van der Waals surface area contributed by atoms with Crippen LogP contribution in [0.5, 0.6) is 0 Å². The lowest BCUT2D eigenvalue weighted by Gasteiger charge is -2.21. The average Bonchev–Trinajstić information content (AvgIpc) is 2.44. The number of hydrogen-bond donors (Lipinski definition) is 3. The van der Waals surface area contributed by atoms with E-state index in [1.807, 2.05) is 19.9 Å². The van der Waals surface area contributed by atoms with Gasteiger partial charge in [0.05, 0.1) is 0 Å². The van der Waals surface area contributed by atoms with Gasteiger partial charge in [-0.1, -0.05) is 32.0 Å². The zero-order valence-corrected chi connectivity index (χ0v) is 12.0. The monoisotopic (exact) mass is 278 g/mol. The van der Waals surface area contributed by atoms with Gasteiger partial charge in [-0.3, -0.25) is 9.59 Å². The van der Waals surface area contributed by atoms with Crippen molar-refractivity contribution in [3.05, 3.63) is 30.3 Å². The van der Waals surface area contributed by atoms with Crippen LogP contribution < -0.4 is 10.6 Å². The number of carbonyl (C=O) groups excluding carboxylic acids is 2. The highest BCUT2D eigenvalue weighted by Gasteiger charge is 2.17. The van der Waals surface area contributed by atoms with Gasteiger partial charge in [0.25, 0.3) is 0 Å². The lowest BCUT2D eigenvalue weighted by Crippen LogP contribution is -2.36. The van der Waals surface area contributed by atoms with Gasteiger partial charge in [0.2, 0.25) is 0 Å². The Morgan fingerprint density at radius 3 is 2.40 bits per heavy atom. The summed E-state index contributed by atoms with van der Waals surface area (Å²) in [5, 5.41) is 14.2. The van der Waals surface area contributed by atoms with E-state index < -0.39 is 11.8 Å². The molecule has 110 valence electrons. The third kappa shape index (κ3) is 5.84. The maximum absolute atomic E-state index is 11.6. The first kappa shape index (κ1) is 16.2. The Morgan fingerprint density at radius 2 is 1.80 bits per heavy atom. The van der Waals surface area contributed by atoms with E-state index in [1.54, 1.807) is 24.3 Å². The molecule has 0 atom stereocenters. The molecule has 3 N–H and O–H groups in total. The van der Waals surface area contributed by atoms with Crippen LogP contribution in [0.2, 0.25) is 0 Å². The zero-order valence-electron chi connectivity index (χ0n) is 12.0. The number of aliphatic hydroxyl groups excluding tert-OH is 1. The molecule has 20 heavy (non-hydrogen) atoms. The van der Waals surface area contributed by atoms with Crippen molar-refractivity contribution in [3.63, 3.8) is 0 Å².